The summed E-state index contributed by atoms with van der Waals surface area (Å²) in [5.41, 5.74) is 11.6. The molecule has 2 N–H and O–H groups in total. The Morgan fingerprint density at radius 2 is 1.72 bits per heavy atom. The lowest BCUT2D eigenvalue weighted by molar-refractivity contribution is 0.286. The van der Waals surface area contributed by atoms with Gasteiger partial charge in [-0.15, -0.1) is 0 Å². The minimum atomic E-state index is 0.249. The highest BCUT2D eigenvalue weighted by Gasteiger charge is 2.18. The van der Waals surface area contributed by atoms with Crippen LogP contribution in [0.25, 0.3) is 22.4 Å². The quantitative estimate of drug-likeness (QED) is 0.330. The number of unbranched alkanes of at least 4 members (excludes halogenated alkanes) is 1. The van der Waals surface area contributed by atoms with Gasteiger partial charge < -0.3 is 15.2 Å². The third-order valence-electron chi connectivity index (χ3n) is 6.50. The Morgan fingerprint density at radius 3 is 2.42 bits per heavy atom. The molecule has 4 heterocycles. The van der Waals surface area contributed by atoms with Crippen LogP contribution in [0.1, 0.15) is 43.7 Å². The van der Waals surface area contributed by atoms with Crippen LogP contribution in [-0.4, -0.2) is 56.2 Å². The van der Waals surface area contributed by atoms with Crippen molar-refractivity contribution in [2.45, 2.75) is 45.7 Å². The minimum Gasteiger partial charge on any atom is -0.468 e. The first kappa shape index (κ1) is 24.0. The third kappa shape index (κ3) is 5.26. The molecule has 9 heteroatoms. The van der Waals surface area contributed by atoms with E-state index in [1.807, 2.05) is 16.8 Å². The summed E-state index contributed by atoms with van der Waals surface area (Å²) in [5.74, 6) is 0.269. The van der Waals surface area contributed by atoms with Gasteiger partial charge in [-0.25, -0.2) is 0 Å². The Hall–Kier alpha value is -3.72. The molecule has 36 heavy (non-hydrogen) atoms. The van der Waals surface area contributed by atoms with Crippen molar-refractivity contribution in [2.75, 3.05) is 32.5 Å². The SMILES string of the molecule is CCCCOc1nc(N)c2nc(OC)n(Cc3ccc(-c4ccc(CN5CCCC5)cc4)nc3)c2n1. The highest BCUT2D eigenvalue weighted by atomic mass is 16.5. The zero-order chi connectivity index (χ0) is 24.9. The molecule has 0 spiro atoms. The van der Waals surface area contributed by atoms with Crippen molar-refractivity contribution in [3.8, 4) is 23.3 Å². The van der Waals surface area contributed by atoms with E-state index < -0.39 is 0 Å². The average molecular weight is 488 g/mol. The van der Waals surface area contributed by atoms with Gasteiger partial charge in [0, 0.05) is 18.3 Å². The fourth-order valence-electron chi connectivity index (χ4n) is 4.50. The zero-order valence-corrected chi connectivity index (χ0v) is 21.0. The average Bonchev–Trinajstić information content (AvgIpc) is 3.53. The van der Waals surface area contributed by atoms with Gasteiger partial charge >= 0.3 is 6.01 Å². The van der Waals surface area contributed by atoms with E-state index in [9.17, 15) is 0 Å². The molecular weight excluding hydrogens is 454 g/mol. The number of nitrogens with two attached hydrogens (primary N) is 1. The Labute approximate surface area is 211 Å². The molecule has 1 fully saturated rings. The van der Waals surface area contributed by atoms with Gasteiger partial charge in [-0.1, -0.05) is 43.7 Å². The van der Waals surface area contributed by atoms with Gasteiger partial charge in [0.15, 0.2) is 17.0 Å². The number of hydrogen-bond acceptors (Lipinski definition) is 8. The van der Waals surface area contributed by atoms with Gasteiger partial charge in [-0.05, 0) is 49.5 Å². The molecule has 0 unspecified atom stereocenters. The maximum Gasteiger partial charge on any atom is 0.320 e. The maximum absolute atomic E-state index is 6.15. The summed E-state index contributed by atoms with van der Waals surface area (Å²) in [6.45, 7) is 6.55. The second-order valence-electron chi connectivity index (χ2n) is 9.18. The summed E-state index contributed by atoms with van der Waals surface area (Å²) >= 11 is 0. The molecule has 0 radical (unpaired) electrons. The van der Waals surface area contributed by atoms with Crippen LogP contribution in [-0.2, 0) is 13.1 Å². The van der Waals surface area contributed by atoms with Gasteiger partial charge in [-0.3, -0.25) is 14.5 Å². The topological polar surface area (TPSA) is 104 Å². The van der Waals surface area contributed by atoms with Gasteiger partial charge in [0.05, 0.1) is 26.0 Å². The van der Waals surface area contributed by atoms with Crippen molar-refractivity contribution in [2.24, 2.45) is 0 Å². The van der Waals surface area contributed by atoms with E-state index in [0.29, 0.717) is 30.3 Å². The first-order chi connectivity index (χ1) is 17.6. The molecule has 1 aliphatic heterocycles. The normalized spacial score (nSPS) is 13.9. The molecule has 5 rings (SSSR count). The van der Waals surface area contributed by atoms with E-state index in [4.69, 9.17) is 20.2 Å². The number of rotatable bonds is 10. The van der Waals surface area contributed by atoms with Crippen molar-refractivity contribution >= 4 is 17.0 Å². The molecule has 0 amide bonds. The van der Waals surface area contributed by atoms with Crippen LogP contribution in [0.2, 0.25) is 0 Å². The second kappa shape index (κ2) is 10.9. The highest BCUT2D eigenvalue weighted by Crippen LogP contribution is 2.27. The zero-order valence-electron chi connectivity index (χ0n) is 21.0. The number of methoxy groups -OCH3 is 1. The summed E-state index contributed by atoms with van der Waals surface area (Å²) in [4.78, 5) is 20.5. The largest absolute Gasteiger partial charge is 0.468 e. The van der Waals surface area contributed by atoms with Crippen molar-refractivity contribution in [1.29, 1.82) is 0 Å². The molecule has 1 aromatic carbocycles. The molecule has 0 atom stereocenters. The van der Waals surface area contributed by atoms with Crippen LogP contribution in [0.4, 0.5) is 5.82 Å². The fourth-order valence-corrected chi connectivity index (χ4v) is 4.50. The second-order valence-corrected chi connectivity index (χ2v) is 9.18. The predicted molar refractivity (Wildman–Crippen MR) is 140 cm³/mol. The Kier molecular flexibility index (Phi) is 7.27. The molecule has 1 saturated heterocycles. The Balaban J connectivity index is 1.34. The summed E-state index contributed by atoms with van der Waals surface area (Å²) in [6.07, 6.45) is 6.44. The molecule has 9 nitrogen and oxygen atoms in total. The molecule has 1 aliphatic rings. The Bertz CT molecular complexity index is 1300. The first-order valence-corrected chi connectivity index (χ1v) is 12.6. The van der Waals surface area contributed by atoms with E-state index >= 15 is 0 Å². The fraction of sp³-hybridized carbons (Fsp3) is 0.407. The monoisotopic (exact) mass is 487 g/mol. The van der Waals surface area contributed by atoms with Crippen LogP contribution < -0.4 is 15.2 Å². The number of nitrogen functional groups attached to an aromatic ring is 1. The number of likely N-dealkylation sites (tertiary alicyclic amines) is 1. The first-order valence-electron chi connectivity index (χ1n) is 12.6. The molecule has 0 aliphatic carbocycles. The van der Waals surface area contributed by atoms with E-state index in [2.05, 4.69) is 57.1 Å². The molecule has 188 valence electrons. The van der Waals surface area contributed by atoms with Gasteiger partial charge in [0.25, 0.3) is 6.01 Å². The molecular formula is C27H33N7O2. The lowest BCUT2D eigenvalue weighted by Crippen LogP contribution is -2.18. The number of fused-ring (bicyclic) bond motifs is 1. The summed E-state index contributed by atoms with van der Waals surface area (Å²) in [5, 5.41) is 0. The third-order valence-corrected chi connectivity index (χ3v) is 6.50. The number of nitrogens with zero attached hydrogens (tertiary/aromatic N) is 6. The van der Waals surface area contributed by atoms with E-state index in [-0.39, 0.29) is 11.8 Å². The molecule has 0 bridgehead atoms. The molecule has 3 aromatic heterocycles. The summed E-state index contributed by atoms with van der Waals surface area (Å²) in [7, 11) is 1.58. The molecule has 4 aromatic rings. The van der Waals surface area contributed by atoms with Crippen LogP contribution in [0.5, 0.6) is 12.0 Å². The maximum atomic E-state index is 6.15. The summed E-state index contributed by atoms with van der Waals surface area (Å²) < 4.78 is 13.1. The number of benzene rings is 1. The predicted octanol–water partition coefficient (Wildman–Crippen LogP) is 4.30. The van der Waals surface area contributed by atoms with Crippen molar-refractivity contribution < 1.29 is 9.47 Å². The summed E-state index contributed by atoms with van der Waals surface area (Å²) in [6, 6.07) is 13.5. The minimum absolute atomic E-state index is 0.249. The van der Waals surface area contributed by atoms with Crippen LogP contribution in [0, 0.1) is 0 Å². The number of anilines is 1. The number of ether oxygens (including phenoxy) is 2. The number of pyridine rings is 1. The number of aromatic nitrogens is 5. The van der Waals surface area contributed by atoms with Crippen molar-refractivity contribution in [3.63, 3.8) is 0 Å². The van der Waals surface area contributed by atoms with Crippen molar-refractivity contribution in [3.05, 3.63) is 53.7 Å². The lowest BCUT2D eigenvalue weighted by Gasteiger charge is -2.14. The van der Waals surface area contributed by atoms with Crippen LogP contribution in [0.3, 0.4) is 0 Å². The van der Waals surface area contributed by atoms with E-state index in [1.54, 1.807) is 7.11 Å². The van der Waals surface area contributed by atoms with Gasteiger partial charge in [-0.2, -0.15) is 15.0 Å². The van der Waals surface area contributed by atoms with Crippen LogP contribution >= 0.6 is 0 Å². The standard InChI is InChI=1S/C27H33N7O2/c1-3-4-15-36-26-31-24(28)23-25(32-26)34(27(30-23)35-2)18-20-9-12-22(29-16-20)21-10-7-19(8-11-21)17-33-13-5-6-14-33/h7-12,16H,3-6,13-15,17-18H2,1-2H3,(H2,28,31,32). The van der Waals surface area contributed by atoms with Gasteiger partial charge in [0.1, 0.15) is 0 Å². The lowest BCUT2D eigenvalue weighted by atomic mass is 10.1. The van der Waals surface area contributed by atoms with Crippen molar-refractivity contribution in [1.82, 2.24) is 29.4 Å². The Morgan fingerprint density at radius 1 is 0.944 bits per heavy atom. The number of hydrogen-bond donors (Lipinski definition) is 1. The smallest absolute Gasteiger partial charge is 0.320 e. The van der Waals surface area contributed by atoms with E-state index in [1.165, 1.54) is 31.5 Å². The van der Waals surface area contributed by atoms with Gasteiger partial charge in [0.2, 0.25) is 0 Å². The van der Waals surface area contributed by atoms with Crippen LogP contribution in [0.15, 0.2) is 42.6 Å². The highest BCUT2D eigenvalue weighted by molar-refractivity contribution is 5.83. The molecule has 0 saturated carbocycles. The van der Waals surface area contributed by atoms with E-state index in [0.717, 1.165) is 36.2 Å². The number of imidazole rings is 1.